The maximum Gasteiger partial charge on any atom is 0.235 e. The Balaban J connectivity index is 1.95. The first-order valence-electron chi connectivity index (χ1n) is 13.1. The Bertz CT molecular complexity index is 1410. The van der Waals surface area contributed by atoms with E-state index in [9.17, 15) is 39.1 Å². The van der Waals surface area contributed by atoms with Gasteiger partial charge in [-0.05, 0) is 51.1 Å². The lowest BCUT2D eigenvalue weighted by molar-refractivity contribution is -0.166. The minimum absolute atomic E-state index is 0.149. The number of rotatable bonds is 7. The van der Waals surface area contributed by atoms with Crippen LogP contribution in [0.4, 0.5) is 0 Å². The highest BCUT2D eigenvalue weighted by atomic mass is 16.3. The summed E-state index contributed by atoms with van der Waals surface area (Å²) < 4.78 is 0. The molecule has 40 heavy (non-hydrogen) atoms. The molecule has 3 aliphatic rings. The number of likely N-dealkylation sites (N-methyl/N-ethyl adjacent to an activating group) is 1. The third kappa shape index (κ3) is 3.68. The molecule has 2 fully saturated rings. The van der Waals surface area contributed by atoms with E-state index in [1.165, 1.54) is 31.1 Å². The number of amides is 1. The lowest BCUT2D eigenvalue weighted by Crippen LogP contribution is -2.85. The van der Waals surface area contributed by atoms with E-state index in [-0.39, 0.29) is 35.3 Å². The number of hydrogen-bond acceptors (Lipinski definition) is 11. The van der Waals surface area contributed by atoms with E-state index in [4.69, 9.17) is 17.2 Å². The van der Waals surface area contributed by atoms with Crippen molar-refractivity contribution in [2.45, 2.75) is 62.6 Å². The van der Waals surface area contributed by atoms with Gasteiger partial charge in [-0.1, -0.05) is 19.8 Å². The zero-order valence-electron chi connectivity index (χ0n) is 22.7. The van der Waals surface area contributed by atoms with Gasteiger partial charge in [0.25, 0.3) is 0 Å². The third-order valence-electron chi connectivity index (χ3n) is 8.78. The second-order valence-corrected chi connectivity index (χ2v) is 11.5. The molecule has 12 heteroatoms. The summed E-state index contributed by atoms with van der Waals surface area (Å²) in [7, 11) is 2.86. The van der Waals surface area contributed by atoms with E-state index < -0.39 is 75.6 Å². The van der Waals surface area contributed by atoms with Gasteiger partial charge in [0.2, 0.25) is 5.91 Å². The molecule has 4 rings (SSSR count). The van der Waals surface area contributed by atoms with Gasteiger partial charge < -0.3 is 22.3 Å². The second-order valence-electron chi connectivity index (χ2n) is 11.5. The van der Waals surface area contributed by atoms with E-state index in [0.29, 0.717) is 6.42 Å². The molecule has 212 valence electrons. The molecule has 0 aliphatic heterocycles. The van der Waals surface area contributed by atoms with Crippen molar-refractivity contribution in [3.05, 3.63) is 28.8 Å². The summed E-state index contributed by atoms with van der Waals surface area (Å²) in [5, 5.41) is 21.1. The SMILES string of the molecule is CCCCCC(=O)c1ccc(O)c2c1C[C@@]1(N)C[C@@]3(N)[C@H](N(C)C)C(=O)C(C(N)=O)C(=O)[C@@]3(C#N)C(=O)C1C2=O. The predicted octanol–water partition coefficient (Wildman–Crippen LogP) is -0.429. The average molecular weight is 552 g/mol. The van der Waals surface area contributed by atoms with Gasteiger partial charge in [-0.25, -0.2) is 0 Å². The monoisotopic (exact) mass is 551 g/mol. The number of nitrogens with zero attached hydrogens (tertiary/aromatic N) is 2. The van der Waals surface area contributed by atoms with E-state index in [0.717, 1.165) is 12.8 Å². The van der Waals surface area contributed by atoms with Crippen LogP contribution in [-0.2, 0) is 25.6 Å². The molecule has 7 N–H and O–H groups in total. The lowest BCUT2D eigenvalue weighted by atomic mass is 9.42. The van der Waals surface area contributed by atoms with Crippen molar-refractivity contribution in [2.75, 3.05) is 14.1 Å². The van der Waals surface area contributed by atoms with E-state index in [1.807, 2.05) is 6.92 Å². The number of nitriles is 1. The zero-order valence-corrected chi connectivity index (χ0v) is 22.7. The van der Waals surface area contributed by atoms with Crippen LogP contribution >= 0.6 is 0 Å². The van der Waals surface area contributed by atoms with Crippen molar-refractivity contribution in [3.63, 3.8) is 0 Å². The first-order chi connectivity index (χ1) is 18.6. The maximum absolute atomic E-state index is 14.3. The molecule has 6 atom stereocenters. The smallest absolute Gasteiger partial charge is 0.235 e. The highest BCUT2D eigenvalue weighted by Crippen LogP contribution is 2.56. The van der Waals surface area contributed by atoms with Crippen LogP contribution in [0.2, 0.25) is 0 Å². The number of nitrogens with two attached hydrogens (primary N) is 3. The fraction of sp³-hybridized carbons (Fsp3) is 0.536. The van der Waals surface area contributed by atoms with Gasteiger partial charge in [0.1, 0.15) is 11.7 Å². The number of carbonyl (C=O) groups is 6. The number of primary amides is 1. The minimum atomic E-state index is -2.81. The number of Topliss-reactive ketones (excluding diaryl/α,β-unsaturated/α-hetero) is 5. The Morgan fingerprint density at radius 3 is 2.33 bits per heavy atom. The Morgan fingerprint density at radius 1 is 1.12 bits per heavy atom. The summed E-state index contributed by atoms with van der Waals surface area (Å²) in [6.45, 7) is 1.99. The predicted molar refractivity (Wildman–Crippen MR) is 140 cm³/mol. The van der Waals surface area contributed by atoms with Crippen LogP contribution < -0.4 is 17.2 Å². The summed E-state index contributed by atoms with van der Waals surface area (Å²) >= 11 is 0. The highest BCUT2D eigenvalue weighted by Gasteiger charge is 2.78. The number of benzene rings is 1. The van der Waals surface area contributed by atoms with Crippen molar-refractivity contribution < 1.29 is 33.9 Å². The number of phenols is 1. The number of ketones is 5. The number of unbranched alkanes of at least 4 members (excludes halogenated alkanes) is 2. The summed E-state index contributed by atoms with van der Waals surface area (Å²) in [5.74, 6) is -10.6. The molecule has 3 aliphatic carbocycles. The molecule has 1 aromatic carbocycles. The van der Waals surface area contributed by atoms with Gasteiger partial charge in [0.15, 0.2) is 40.2 Å². The average Bonchev–Trinajstić information content (AvgIpc) is 2.83. The number of phenolic OH excluding ortho intramolecular Hbond substituents is 1. The molecule has 0 radical (unpaired) electrons. The fourth-order valence-corrected chi connectivity index (χ4v) is 7.14. The van der Waals surface area contributed by atoms with Gasteiger partial charge in [-0.3, -0.25) is 33.7 Å². The summed E-state index contributed by atoms with van der Waals surface area (Å²) in [5.41, 5.74) is 12.1. The Morgan fingerprint density at radius 2 is 1.77 bits per heavy atom. The van der Waals surface area contributed by atoms with Crippen LogP contribution in [0.3, 0.4) is 0 Å². The van der Waals surface area contributed by atoms with E-state index >= 15 is 0 Å². The van der Waals surface area contributed by atoms with Crippen molar-refractivity contribution in [2.24, 2.45) is 34.5 Å². The van der Waals surface area contributed by atoms with Gasteiger partial charge >= 0.3 is 0 Å². The standard InChI is InChI=1S/C28H33N5O7/c1-4-5-6-7-15(34)13-8-9-16(35)17-14(13)10-26(31)11-28(32)22(33(2)3)21(37)18(25(30)40)23(38)27(28,12-29)24(39)19(26)20(17)36/h8-9,18-19,22,35H,4-7,10-11,31-32H2,1-3H3,(H2,30,40)/t18?,19?,22-,26-,27+,28-/m1/s1. The van der Waals surface area contributed by atoms with Crippen LogP contribution in [0.1, 0.15) is 65.3 Å². The third-order valence-corrected chi connectivity index (χ3v) is 8.78. The molecule has 0 saturated heterocycles. The molecule has 0 spiro atoms. The van der Waals surface area contributed by atoms with Crippen LogP contribution in [-0.4, -0.2) is 76.0 Å². The second kappa shape index (κ2) is 9.69. The van der Waals surface area contributed by atoms with Crippen molar-refractivity contribution >= 4 is 34.8 Å². The van der Waals surface area contributed by atoms with Crippen LogP contribution in [0.25, 0.3) is 0 Å². The first-order valence-corrected chi connectivity index (χ1v) is 13.1. The Labute approximate surface area is 230 Å². The highest BCUT2D eigenvalue weighted by molar-refractivity contribution is 6.33. The van der Waals surface area contributed by atoms with Gasteiger partial charge in [-0.15, -0.1) is 0 Å². The number of aromatic hydroxyl groups is 1. The first kappa shape index (κ1) is 29.2. The number of hydrogen-bond donors (Lipinski definition) is 4. The topological polar surface area (TPSA) is 228 Å². The molecule has 2 unspecified atom stereocenters. The Kier molecular flexibility index (Phi) is 7.07. The molecular weight excluding hydrogens is 518 g/mol. The number of carbonyl (C=O) groups excluding carboxylic acids is 6. The zero-order chi connectivity index (χ0) is 29.9. The van der Waals surface area contributed by atoms with Gasteiger partial charge in [0.05, 0.1) is 23.2 Å². The summed E-state index contributed by atoms with van der Waals surface area (Å²) in [4.78, 5) is 82.1. The maximum atomic E-state index is 14.3. The minimum Gasteiger partial charge on any atom is -0.507 e. The quantitative estimate of drug-likeness (QED) is 0.193. The molecule has 1 amide bonds. The van der Waals surface area contributed by atoms with Crippen LogP contribution in [0.5, 0.6) is 5.75 Å². The summed E-state index contributed by atoms with van der Waals surface area (Å²) in [6.07, 6.45) is 1.71. The Hall–Kier alpha value is -3.79. The molecule has 0 aromatic heterocycles. The lowest BCUT2D eigenvalue weighted by Gasteiger charge is -2.60. The fourth-order valence-electron chi connectivity index (χ4n) is 7.14. The van der Waals surface area contributed by atoms with Gasteiger partial charge in [-0.2, -0.15) is 5.26 Å². The molecule has 2 saturated carbocycles. The molecule has 0 bridgehead atoms. The van der Waals surface area contributed by atoms with Crippen LogP contribution in [0.15, 0.2) is 12.1 Å². The summed E-state index contributed by atoms with van der Waals surface area (Å²) in [6, 6.07) is 2.75. The van der Waals surface area contributed by atoms with Crippen molar-refractivity contribution in [1.82, 2.24) is 4.90 Å². The number of fused-ring (bicyclic) bond motifs is 3. The largest absolute Gasteiger partial charge is 0.507 e. The van der Waals surface area contributed by atoms with E-state index in [2.05, 4.69) is 0 Å². The normalized spacial score (nSPS) is 33.2. The molecule has 1 aromatic rings. The van der Waals surface area contributed by atoms with Crippen LogP contribution in [0, 0.1) is 28.6 Å². The molecule has 12 nitrogen and oxygen atoms in total. The van der Waals surface area contributed by atoms with Crippen molar-refractivity contribution in [1.29, 1.82) is 5.26 Å². The molecule has 0 heterocycles. The van der Waals surface area contributed by atoms with Crippen molar-refractivity contribution in [3.8, 4) is 11.8 Å². The molecular formula is C28H33N5O7. The van der Waals surface area contributed by atoms with E-state index in [1.54, 1.807) is 6.07 Å². The van der Waals surface area contributed by atoms with Gasteiger partial charge in [0, 0.05) is 17.5 Å².